The van der Waals surface area contributed by atoms with Crippen LogP contribution in [0, 0.1) is 0 Å². The Hall–Kier alpha value is -1.31. The summed E-state index contributed by atoms with van der Waals surface area (Å²) in [4.78, 5) is 8.49. The standard InChI is InChI=1S/C10H11N3O2S2/c1-17(14,15)12-6-8-7-16-10(13-8)9-4-2-3-5-11-9/h2-5,7,12H,6H2,1H3. The highest BCUT2D eigenvalue weighted by Gasteiger charge is 2.07. The van der Waals surface area contributed by atoms with E-state index in [1.807, 2.05) is 23.6 Å². The first-order valence-electron chi connectivity index (χ1n) is 4.85. The zero-order valence-electron chi connectivity index (χ0n) is 9.12. The Labute approximate surface area is 104 Å². The average Bonchev–Trinajstić information content (AvgIpc) is 2.75. The Morgan fingerprint density at radius 3 is 2.88 bits per heavy atom. The van der Waals surface area contributed by atoms with Crippen molar-refractivity contribution in [1.82, 2.24) is 14.7 Å². The smallest absolute Gasteiger partial charge is 0.209 e. The lowest BCUT2D eigenvalue weighted by Gasteiger charge is -1.97. The number of pyridine rings is 1. The minimum absolute atomic E-state index is 0.210. The van der Waals surface area contributed by atoms with Gasteiger partial charge in [-0.25, -0.2) is 18.1 Å². The minimum Gasteiger partial charge on any atom is -0.254 e. The summed E-state index contributed by atoms with van der Waals surface area (Å²) in [6.45, 7) is 0.210. The third-order valence-electron chi connectivity index (χ3n) is 1.95. The van der Waals surface area contributed by atoms with Gasteiger partial charge in [-0.3, -0.25) is 4.98 Å². The van der Waals surface area contributed by atoms with E-state index in [0.29, 0.717) is 5.69 Å². The highest BCUT2D eigenvalue weighted by atomic mass is 32.2. The molecule has 0 saturated heterocycles. The lowest BCUT2D eigenvalue weighted by atomic mass is 10.4. The number of aromatic nitrogens is 2. The zero-order valence-corrected chi connectivity index (χ0v) is 10.8. The van der Waals surface area contributed by atoms with Crippen LogP contribution in [0.3, 0.4) is 0 Å². The first-order valence-corrected chi connectivity index (χ1v) is 7.62. The minimum atomic E-state index is -3.18. The van der Waals surface area contributed by atoms with Gasteiger partial charge in [0.1, 0.15) is 5.01 Å². The second-order valence-corrected chi connectivity index (χ2v) is 6.14. The molecule has 0 unspecified atom stereocenters. The first kappa shape index (κ1) is 12.2. The van der Waals surface area contributed by atoms with E-state index < -0.39 is 10.0 Å². The van der Waals surface area contributed by atoms with Gasteiger partial charge in [-0.1, -0.05) is 6.07 Å². The van der Waals surface area contributed by atoms with Crippen LogP contribution in [0.5, 0.6) is 0 Å². The summed E-state index contributed by atoms with van der Waals surface area (Å²) in [5, 5.41) is 2.61. The maximum atomic E-state index is 10.9. The summed E-state index contributed by atoms with van der Waals surface area (Å²) in [7, 11) is -3.18. The molecule has 5 nitrogen and oxygen atoms in total. The molecule has 1 N–H and O–H groups in total. The molecular weight excluding hydrogens is 258 g/mol. The quantitative estimate of drug-likeness (QED) is 0.907. The van der Waals surface area contributed by atoms with Crippen molar-refractivity contribution in [3.63, 3.8) is 0 Å². The van der Waals surface area contributed by atoms with Gasteiger partial charge in [-0.05, 0) is 12.1 Å². The largest absolute Gasteiger partial charge is 0.254 e. The molecule has 0 radical (unpaired) electrons. The van der Waals surface area contributed by atoms with Crippen LogP contribution in [0.2, 0.25) is 0 Å². The van der Waals surface area contributed by atoms with Crippen LogP contribution >= 0.6 is 11.3 Å². The maximum Gasteiger partial charge on any atom is 0.209 e. The molecule has 0 bridgehead atoms. The molecule has 90 valence electrons. The van der Waals surface area contributed by atoms with Crippen molar-refractivity contribution in [2.45, 2.75) is 6.54 Å². The van der Waals surface area contributed by atoms with Gasteiger partial charge in [0.05, 0.1) is 24.2 Å². The summed E-state index contributed by atoms with van der Waals surface area (Å²) in [5.41, 5.74) is 1.49. The van der Waals surface area contributed by atoms with Gasteiger partial charge in [0.2, 0.25) is 10.0 Å². The molecule has 0 aliphatic rings. The van der Waals surface area contributed by atoms with E-state index in [0.717, 1.165) is 17.0 Å². The number of sulfonamides is 1. The normalized spacial score (nSPS) is 11.6. The molecule has 17 heavy (non-hydrogen) atoms. The van der Waals surface area contributed by atoms with Gasteiger partial charge in [0.25, 0.3) is 0 Å². The van der Waals surface area contributed by atoms with Gasteiger partial charge in [0.15, 0.2) is 0 Å². The van der Waals surface area contributed by atoms with Crippen LogP contribution in [0.1, 0.15) is 5.69 Å². The number of nitrogens with one attached hydrogen (secondary N) is 1. The summed E-state index contributed by atoms with van der Waals surface area (Å²) in [5.74, 6) is 0. The van der Waals surface area contributed by atoms with E-state index in [2.05, 4.69) is 14.7 Å². The van der Waals surface area contributed by atoms with Crippen molar-refractivity contribution in [2.24, 2.45) is 0 Å². The van der Waals surface area contributed by atoms with Crippen molar-refractivity contribution >= 4 is 21.4 Å². The molecule has 0 atom stereocenters. The summed E-state index contributed by atoms with van der Waals surface area (Å²) in [6.07, 6.45) is 2.82. The van der Waals surface area contributed by atoms with Crippen molar-refractivity contribution in [2.75, 3.05) is 6.26 Å². The molecular formula is C10H11N3O2S2. The van der Waals surface area contributed by atoms with Crippen LogP contribution in [0.4, 0.5) is 0 Å². The Bertz CT molecular complexity index is 593. The van der Waals surface area contributed by atoms with Gasteiger partial charge in [-0.2, -0.15) is 0 Å². The number of hydrogen-bond donors (Lipinski definition) is 1. The fourth-order valence-electron chi connectivity index (χ4n) is 1.20. The summed E-state index contributed by atoms with van der Waals surface area (Å²) < 4.78 is 24.3. The van der Waals surface area contributed by atoms with Crippen molar-refractivity contribution in [1.29, 1.82) is 0 Å². The van der Waals surface area contributed by atoms with E-state index in [-0.39, 0.29) is 6.54 Å². The van der Waals surface area contributed by atoms with Crippen molar-refractivity contribution in [3.8, 4) is 10.7 Å². The lowest BCUT2D eigenvalue weighted by Crippen LogP contribution is -2.21. The predicted molar refractivity (Wildman–Crippen MR) is 67.0 cm³/mol. The van der Waals surface area contributed by atoms with Crippen LogP contribution in [-0.4, -0.2) is 24.6 Å². The molecule has 7 heteroatoms. The lowest BCUT2D eigenvalue weighted by molar-refractivity contribution is 0.587. The number of rotatable bonds is 4. The fraction of sp³-hybridized carbons (Fsp3) is 0.200. The molecule has 2 rings (SSSR count). The predicted octanol–water partition coefficient (Wildman–Crippen LogP) is 1.25. The van der Waals surface area contributed by atoms with Gasteiger partial charge < -0.3 is 0 Å². The third kappa shape index (κ3) is 3.58. The molecule has 0 aliphatic heterocycles. The second kappa shape index (κ2) is 4.91. The van der Waals surface area contributed by atoms with E-state index in [4.69, 9.17) is 0 Å². The van der Waals surface area contributed by atoms with Crippen molar-refractivity contribution in [3.05, 3.63) is 35.5 Å². The Balaban J connectivity index is 2.12. The van der Waals surface area contributed by atoms with Gasteiger partial charge in [0, 0.05) is 11.6 Å². The molecule has 2 aromatic rings. The Morgan fingerprint density at radius 1 is 1.41 bits per heavy atom. The summed E-state index contributed by atoms with van der Waals surface area (Å²) in [6, 6.07) is 5.59. The Kier molecular flexibility index (Phi) is 3.51. The van der Waals surface area contributed by atoms with Gasteiger partial charge >= 0.3 is 0 Å². The number of nitrogens with zero attached hydrogens (tertiary/aromatic N) is 2. The Morgan fingerprint density at radius 2 is 2.24 bits per heavy atom. The average molecular weight is 269 g/mol. The SMILES string of the molecule is CS(=O)(=O)NCc1csc(-c2ccccn2)n1. The zero-order chi connectivity index (χ0) is 12.3. The van der Waals surface area contributed by atoms with E-state index in [1.165, 1.54) is 11.3 Å². The maximum absolute atomic E-state index is 10.9. The highest BCUT2D eigenvalue weighted by molar-refractivity contribution is 7.88. The first-order chi connectivity index (χ1) is 8.04. The summed E-state index contributed by atoms with van der Waals surface area (Å²) >= 11 is 1.44. The van der Waals surface area contributed by atoms with Crippen LogP contribution in [0.25, 0.3) is 10.7 Å². The van der Waals surface area contributed by atoms with Crippen molar-refractivity contribution < 1.29 is 8.42 Å². The van der Waals surface area contributed by atoms with E-state index >= 15 is 0 Å². The van der Waals surface area contributed by atoms with Crippen LogP contribution < -0.4 is 4.72 Å². The molecule has 0 spiro atoms. The molecule has 0 fully saturated rings. The number of hydrogen-bond acceptors (Lipinski definition) is 5. The molecule has 0 aromatic carbocycles. The highest BCUT2D eigenvalue weighted by Crippen LogP contribution is 2.21. The topological polar surface area (TPSA) is 72.0 Å². The van der Waals surface area contributed by atoms with Crippen LogP contribution in [-0.2, 0) is 16.6 Å². The number of thiazole rings is 1. The van der Waals surface area contributed by atoms with Crippen LogP contribution in [0.15, 0.2) is 29.8 Å². The molecule has 0 saturated carbocycles. The molecule has 2 aromatic heterocycles. The molecule has 2 heterocycles. The second-order valence-electron chi connectivity index (χ2n) is 3.45. The van der Waals surface area contributed by atoms with E-state index in [9.17, 15) is 8.42 Å². The monoisotopic (exact) mass is 269 g/mol. The molecule has 0 aliphatic carbocycles. The third-order valence-corrected chi connectivity index (χ3v) is 3.53. The molecule has 0 amide bonds. The fourth-order valence-corrected chi connectivity index (χ4v) is 2.41. The van der Waals surface area contributed by atoms with Gasteiger partial charge in [-0.15, -0.1) is 11.3 Å². The van der Waals surface area contributed by atoms with E-state index in [1.54, 1.807) is 6.20 Å².